The SMILES string of the molecule is CCc1ccc(NC(=O)c2cnccc2N)cc1. The molecule has 0 atom stereocenters. The maximum atomic E-state index is 12.0. The Kier molecular flexibility index (Phi) is 3.57. The highest BCUT2D eigenvalue weighted by molar-refractivity contribution is 6.07. The van der Waals surface area contributed by atoms with Crippen LogP contribution in [0, 0.1) is 0 Å². The predicted molar refractivity (Wildman–Crippen MR) is 72.4 cm³/mol. The molecular weight excluding hydrogens is 226 g/mol. The number of pyridine rings is 1. The molecule has 4 nitrogen and oxygen atoms in total. The van der Waals surface area contributed by atoms with E-state index in [-0.39, 0.29) is 5.91 Å². The van der Waals surface area contributed by atoms with Gasteiger partial charge in [-0.15, -0.1) is 0 Å². The van der Waals surface area contributed by atoms with Gasteiger partial charge < -0.3 is 11.1 Å². The number of nitrogen functional groups attached to an aromatic ring is 1. The summed E-state index contributed by atoms with van der Waals surface area (Å²) >= 11 is 0. The topological polar surface area (TPSA) is 68.0 Å². The number of hydrogen-bond acceptors (Lipinski definition) is 3. The summed E-state index contributed by atoms with van der Waals surface area (Å²) in [5.74, 6) is -0.246. The molecule has 0 radical (unpaired) electrons. The fourth-order valence-electron chi connectivity index (χ4n) is 1.62. The monoisotopic (exact) mass is 241 g/mol. The first-order chi connectivity index (χ1) is 8.70. The number of rotatable bonds is 3. The summed E-state index contributed by atoms with van der Waals surface area (Å²) in [5.41, 5.74) is 8.51. The molecule has 1 aromatic heterocycles. The lowest BCUT2D eigenvalue weighted by molar-refractivity contribution is 0.102. The number of anilines is 2. The summed E-state index contributed by atoms with van der Waals surface area (Å²) in [6.07, 6.45) is 4.00. The number of amides is 1. The Morgan fingerprint density at radius 2 is 2.00 bits per heavy atom. The van der Waals surface area contributed by atoms with E-state index in [1.807, 2.05) is 24.3 Å². The summed E-state index contributed by atoms with van der Waals surface area (Å²) in [4.78, 5) is 15.9. The number of nitrogens with two attached hydrogens (primary N) is 1. The molecule has 1 aromatic carbocycles. The molecule has 92 valence electrons. The van der Waals surface area contributed by atoms with Crippen molar-refractivity contribution in [2.45, 2.75) is 13.3 Å². The van der Waals surface area contributed by atoms with Crippen molar-refractivity contribution in [1.29, 1.82) is 0 Å². The van der Waals surface area contributed by atoms with Gasteiger partial charge in [-0.2, -0.15) is 0 Å². The second-order valence-corrected chi connectivity index (χ2v) is 3.97. The molecule has 1 amide bonds. The Bertz CT molecular complexity index is 549. The molecular formula is C14H15N3O. The number of nitrogens with zero attached hydrogens (tertiary/aromatic N) is 1. The van der Waals surface area contributed by atoms with Crippen LogP contribution in [-0.4, -0.2) is 10.9 Å². The molecule has 2 rings (SSSR count). The minimum Gasteiger partial charge on any atom is -0.398 e. The first-order valence-electron chi connectivity index (χ1n) is 5.80. The highest BCUT2D eigenvalue weighted by atomic mass is 16.1. The minimum absolute atomic E-state index is 0.246. The van der Waals surface area contributed by atoms with Crippen molar-refractivity contribution in [3.8, 4) is 0 Å². The van der Waals surface area contributed by atoms with E-state index in [0.29, 0.717) is 11.3 Å². The van der Waals surface area contributed by atoms with E-state index in [1.54, 1.807) is 12.3 Å². The minimum atomic E-state index is -0.246. The maximum absolute atomic E-state index is 12.0. The van der Waals surface area contributed by atoms with E-state index >= 15 is 0 Å². The highest BCUT2D eigenvalue weighted by Crippen LogP contribution is 2.14. The van der Waals surface area contributed by atoms with E-state index in [1.165, 1.54) is 11.8 Å². The first kappa shape index (κ1) is 12.1. The summed E-state index contributed by atoms with van der Waals surface area (Å²) in [6, 6.07) is 9.34. The molecule has 0 bridgehead atoms. The first-order valence-corrected chi connectivity index (χ1v) is 5.80. The van der Waals surface area contributed by atoms with Gasteiger partial charge in [0.1, 0.15) is 0 Å². The van der Waals surface area contributed by atoms with Gasteiger partial charge in [0.15, 0.2) is 0 Å². The molecule has 0 spiro atoms. The summed E-state index contributed by atoms with van der Waals surface area (Å²) in [6.45, 7) is 2.09. The largest absolute Gasteiger partial charge is 0.398 e. The van der Waals surface area contributed by atoms with Crippen molar-refractivity contribution in [3.05, 3.63) is 53.9 Å². The van der Waals surface area contributed by atoms with Crippen molar-refractivity contribution < 1.29 is 4.79 Å². The average molecular weight is 241 g/mol. The third-order valence-corrected chi connectivity index (χ3v) is 2.72. The molecule has 0 unspecified atom stereocenters. The molecule has 0 aliphatic heterocycles. The highest BCUT2D eigenvalue weighted by Gasteiger charge is 2.09. The lowest BCUT2D eigenvalue weighted by atomic mass is 10.1. The maximum Gasteiger partial charge on any atom is 0.259 e. The van der Waals surface area contributed by atoms with Crippen molar-refractivity contribution in [2.24, 2.45) is 0 Å². The van der Waals surface area contributed by atoms with Crippen LogP contribution in [0.4, 0.5) is 11.4 Å². The zero-order valence-electron chi connectivity index (χ0n) is 10.2. The van der Waals surface area contributed by atoms with Crippen LogP contribution in [0.1, 0.15) is 22.8 Å². The van der Waals surface area contributed by atoms with E-state index in [2.05, 4.69) is 17.2 Å². The fourth-order valence-corrected chi connectivity index (χ4v) is 1.62. The van der Waals surface area contributed by atoms with E-state index in [9.17, 15) is 4.79 Å². The quantitative estimate of drug-likeness (QED) is 0.867. The number of carbonyl (C=O) groups excluding carboxylic acids is 1. The average Bonchev–Trinajstić information content (AvgIpc) is 2.40. The molecule has 1 heterocycles. The zero-order chi connectivity index (χ0) is 13.0. The van der Waals surface area contributed by atoms with Gasteiger partial charge in [-0.3, -0.25) is 9.78 Å². The second-order valence-electron chi connectivity index (χ2n) is 3.97. The second kappa shape index (κ2) is 5.31. The van der Waals surface area contributed by atoms with Gasteiger partial charge in [0.05, 0.1) is 5.56 Å². The Morgan fingerprint density at radius 1 is 1.28 bits per heavy atom. The standard InChI is InChI=1S/C14H15N3O/c1-2-10-3-5-11(6-4-10)17-14(18)12-9-16-8-7-13(12)15/h3-9H,2H2,1H3,(H2,15,16)(H,17,18). The molecule has 4 heteroatoms. The number of nitrogens with one attached hydrogen (secondary N) is 1. The van der Waals surface area contributed by atoms with Crippen LogP contribution >= 0.6 is 0 Å². The van der Waals surface area contributed by atoms with Gasteiger partial charge in [0, 0.05) is 23.8 Å². The smallest absolute Gasteiger partial charge is 0.259 e. The zero-order valence-corrected chi connectivity index (χ0v) is 10.2. The van der Waals surface area contributed by atoms with Gasteiger partial charge in [-0.25, -0.2) is 0 Å². The van der Waals surface area contributed by atoms with E-state index in [0.717, 1.165) is 12.1 Å². The lowest BCUT2D eigenvalue weighted by Gasteiger charge is -2.07. The van der Waals surface area contributed by atoms with Crippen LogP contribution in [0.2, 0.25) is 0 Å². The van der Waals surface area contributed by atoms with Crippen molar-refractivity contribution >= 4 is 17.3 Å². The van der Waals surface area contributed by atoms with Crippen molar-refractivity contribution in [1.82, 2.24) is 4.98 Å². The Labute approximate surface area is 106 Å². The van der Waals surface area contributed by atoms with Crippen molar-refractivity contribution in [3.63, 3.8) is 0 Å². The number of hydrogen-bond donors (Lipinski definition) is 2. The summed E-state index contributed by atoms with van der Waals surface area (Å²) < 4.78 is 0. The molecule has 0 aliphatic rings. The fraction of sp³-hybridized carbons (Fsp3) is 0.143. The van der Waals surface area contributed by atoms with Gasteiger partial charge in [-0.05, 0) is 30.2 Å². The molecule has 0 aliphatic carbocycles. The molecule has 0 saturated carbocycles. The van der Waals surface area contributed by atoms with E-state index in [4.69, 9.17) is 5.73 Å². The molecule has 0 fully saturated rings. The predicted octanol–water partition coefficient (Wildman–Crippen LogP) is 2.48. The number of carbonyl (C=O) groups is 1. The Balaban J connectivity index is 2.14. The molecule has 0 saturated heterocycles. The van der Waals surface area contributed by atoms with Gasteiger partial charge in [0.2, 0.25) is 0 Å². The van der Waals surface area contributed by atoms with Crippen LogP contribution in [0.25, 0.3) is 0 Å². The third kappa shape index (κ3) is 2.66. The van der Waals surface area contributed by atoms with Crippen molar-refractivity contribution in [2.75, 3.05) is 11.1 Å². The van der Waals surface area contributed by atoms with Crippen LogP contribution in [-0.2, 0) is 6.42 Å². The number of aryl methyl sites for hydroxylation is 1. The number of aromatic nitrogens is 1. The van der Waals surface area contributed by atoms with Crippen LogP contribution < -0.4 is 11.1 Å². The lowest BCUT2D eigenvalue weighted by Crippen LogP contribution is -2.14. The molecule has 3 N–H and O–H groups in total. The molecule has 18 heavy (non-hydrogen) atoms. The van der Waals surface area contributed by atoms with E-state index < -0.39 is 0 Å². The Morgan fingerprint density at radius 3 is 2.61 bits per heavy atom. The summed E-state index contributed by atoms with van der Waals surface area (Å²) in [5, 5.41) is 2.79. The Hall–Kier alpha value is -2.36. The van der Waals surface area contributed by atoms with Crippen LogP contribution in [0.15, 0.2) is 42.7 Å². The van der Waals surface area contributed by atoms with Gasteiger partial charge in [-0.1, -0.05) is 19.1 Å². The van der Waals surface area contributed by atoms with Gasteiger partial charge >= 0.3 is 0 Å². The third-order valence-electron chi connectivity index (χ3n) is 2.72. The van der Waals surface area contributed by atoms with Gasteiger partial charge in [0.25, 0.3) is 5.91 Å². The van der Waals surface area contributed by atoms with Crippen LogP contribution in [0.3, 0.4) is 0 Å². The summed E-state index contributed by atoms with van der Waals surface area (Å²) in [7, 11) is 0. The molecule has 2 aromatic rings. The van der Waals surface area contributed by atoms with Crippen LogP contribution in [0.5, 0.6) is 0 Å². The normalized spacial score (nSPS) is 10.1. The number of benzene rings is 1.